The molecule has 1 rings (SSSR count). The van der Waals surface area contributed by atoms with Gasteiger partial charge in [-0.15, -0.1) is 6.58 Å². The van der Waals surface area contributed by atoms with Crippen LogP contribution >= 0.6 is 0 Å². The molecule has 80 valence electrons. The molecule has 0 radical (unpaired) electrons. The zero-order valence-electron chi connectivity index (χ0n) is 9.29. The SMILES string of the molecule is C=CC1NC=C(CCCC)C1/C=C\C.[HH]. The fourth-order valence-corrected chi connectivity index (χ4v) is 1.92. The molecule has 0 saturated heterocycles. The molecular formula is C13H23N. The van der Waals surface area contributed by atoms with Gasteiger partial charge in [0.25, 0.3) is 0 Å². The fourth-order valence-electron chi connectivity index (χ4n) is 1.92. The summed E-state index contributed by atoms with van der Waals surface area (Å²) in [7, 11) is 0. The number of nitrogens with one attached hydrogen (secondary N) is 1. The van der Waals surface area contributed by atoms with Crippen LogP contribution < -0.4 is 5.32 Å². The minimum Gasteiger partial charge on any atom is -0.384 e. The molecule has 1 heteroatoms. The van der Waals surface area contributed by atoms with Crippen LogP contribution in [-0.4, -0.2) is 6.04 Å². The first kappa shape index (κ1) is 11.1. The average Bonchev–Trinajstić information content (AvgIpc) is 2.58. The Balaban J connectivity index is 0.00000196. The number of allylic oxidation sites excluding steroid dienone is 1. The van der Waals surface area contributed by atoms with Crippen molar-refractivity contribution in [1.82, 2.24) is 5.32 Å². The number of rotatable bonds is 5. The Hall–Kier alpha value is -0.980. The molecule has 0 saturated carbocycles. The largest absolute Gasteiger partial charge is 0.384 e. The molecular weight excluding hydrogens is 170 g/mol. The summed E-state index contributed by atoms with van der Waals surface area (Å²) in [5, 5.41) is 3.37. The van der Waals surface area contributed by atoms with Gasteiger partial charge in [0.1, 0.15) is 0 Å². The normalized spacial score (nSPS) is 26.3. The van der Waals surface area contributed by atoms with Gasteiger partial charge in [-0.2, -0.15) is 0 Å². The van der Waals surface area contributed by atoms with Gasteiger partial charge in [0.2, 0.25) is 0 Å². The van der Waals surface area contributed by atoms with Gasteiger partial charge >= 0.3 is 0 Å². The third kappa shape index (κ3) is 2.50. The van der Waals surface area contributed by atoms with Crippen molar-refractivity contribution in [1.29, 1.82) is 0 Å². The van der Waals surface area contributed by atoms with E-state index in [4.69, 9.17) is 0 Å². The molecule has 0 aromatic carbocycles. The van der Waals surface area contributed by atoms with E-state index in [9.17, 15) is 0 Å². The Morgan fingerprint density at radius 1 is 1.64 bits per heavy atom. The van der Waals surface area contributed by atoms with E-state index < -0.39 is 0 Å². The fraction of sp³-hybridized carbons (Fsp3) is 0.538. The predicted molar refractivity (Wildman–Crippen MR) is 65.1 cm³/mol. The molecule has 1 aliphatic rings. The van der Waals surface area contributed by atoms with Crippen molar-refractivity contribution >= 4 is 0 Å². The average molecular weight is 193 g/mol. The van der Waals surface area contributed by atoms with Crippen molar-refractivity contribution in [2.24, 2.45) is 5.92 Å². The lowest BCUT2D eigenvalue weighted by Gasteiger charge is -2.15. The summed E-state index contributed by atoms with van der Waals surface area (Å²) >= 11 is 0. The molecule has 1 aliphatic heterocycles. The first-order chi connectivity index (χ1) is 6.83. The summed E-state index contributed by atoms with van der Waals surface area (Å²) in [6.45, 7) is 8.17. The first-order valence-electron chi connectivity index (χ1n) is 5.53. The highest BCUT2D eigenvalue weighted by molar-refractivity contribution is 5.25. The summed E-state index contributed by atoms with van der Waals surface area (Å²) in [6.07, 6.45) is 12.3. The Kier molecular flexibility index (Phi) is 4.51. The standard InChI is InChI=1S/C13H21N.H2/c1-4-7-9-11-10-14-13(6-3)12(11)8-5-2;/h5-6,8,10,12-14H,3-4,7,9H2,1-2H3;1H/b8-5-;. The van der Waals surface area contributed by atoms with Crippen LogP contribution in [0.1, 0.15) is 34.5 Å². The van der Waals surface area contributed by atoms with Crippen LogP contribution in [0.4, 0.5) is 0 Å². The van der Waals surface area contributed by atoms with Crippen LogP contribution in [0.5, 0.6) is 0 Å². The summed E-state index contributed by atoms with van der Waals surface area (Å²) < 4.78 is 0. The van der Waals surface area contributed by atoms with Crippen molar-refractivity contribution in [3.63, 3.8) is 0 Å². The Bertz CT molecular complexity index is 243. The van der Waals surface area contributed by atoms with E-state index in [0.717, 1.165) is 0 Å². The van der Waals surface area contributed by atoms with Crippen molar-refractivity contribution in [2.75, 3.05) is 0 Å². The maximum absolute atomic E-state index is 3.86. The minimum absolute atomic E-state index is 0. The zero-order chi connectivity index (χ0) is 10.4. The Morgan fingerprint density at radius 3 is 3.00 bits per heavy atom. The molecule has 0 amide bonds. The summed E-state index contributed by atoms with van der Waals surface area (Å²) in [5.74, 6) is 0.532. The van der Waals surface area contributed by atoms with Gasteiger partial charge in [-0.05, 0) is 31.5 Å². The highest BCUT2D eigenvalue weighted by Crippen LogP contribution is 2.27. The molecule has 0 aromatic rings. The third-order valence-electron chi connectivity index (χ3n) is 2.75. The Labute approximate surface area is 89.1 Å². The van der Waals surface area contributed by atoms with Gasteiger partial charge < -0.3 is 5.32 Å². The van der Waals surface area contributed by atoms with Crippen molar-refractivity contribution < 1.29 is 1.43 Å². The molecule has 0 aliphatic carbocycles. The second kappa shape index (κ2) is 5.69. The number of unbranched alkanes of at least 4 members (excludes halogenated alkanes) is 1. The lowest BCUT2D eigenvalue weighted by Crippen LogP contribution is -2.23. The van der Waals surface area contributed by atoms with Crippen LogP contribution in [0.15, 0.2) is 36.6 Å². The van der Waals surface area contributed by atoms with Gasteiger partial charge in [0.05, 0.1) is 6.04 Å². The van der Waals surface area contributed by atoms with E-state index in [0.29, 0.717) is 12.0 Å². The molecule has 2 atom stereocenters. The van der Waals surface area contributed by atoms with E-state index in [1.54, 1.807) is 0 Å². The molecule has 2 unspecified atom stereocenters. The molecule has 0 bridgehead atoms. The second-order valence-electron chi connectivity index (χ2n) is 3.80. The quantitative estimate of drug-likeness (QED) is 0.657. The predicted octanol–water partition coefficient (Wildman–Crippen LogP) is 3.66. The third-order valence-corrected chi connectivity index (χ3v) is 2.75. The van der Waals surface area contributed by atoms with Gasteiger partial charge in [-0.3, -0.25) is 0 Å². The first-order valence-corrected chi connectivity index (χ1v) is 5.53. The van der Waals surface area contributed by atoms with E-state index >= 15 is 0 Å². The van der Waals surface area contributed by atoms with E-state index in [1.165, 1.54) is 24.8 Å². The highest BCUT2D eigenvalue weighted by Gasteiger charge is 2.23. The van der Waals surface area contributed by atoms with Crippen molar-refractivity contribution in [2.45, 2.75) is 39.2 Å². The lowest BCUT2D eigenvalue weighted by atomic mass is 9.91. The topological polar surface area (TPSA) is 12.0 Å². The highest BCUT2D eigenvalue weighted by atomic mass is 14.9. The van der Waals surface area contributed by atoms with E-state index in [-0.39, 0.29) is 1.43 Å². The second-order valence-corrected chi connectivity index (χ2v) is 3.80. The van der Waals surface area contributed by atoms with Crippen LogP contribution in [0.25, 0.3) is 0 Å². The molecule has 14 heavy (non-hydrogen) atoms. The molecule has 0 aromatic heterocycles. The molecule has 1 nitrogen and oxygen atoms in total. The van der Waals surface area contributed by atoms with Crippen molar-refractivity contribution in [3.05, 3.63) is 36.6 Å². The maximum Gasteiger partial charge on any atom is 0.0537 e. The van der Waals surface area contributed by atoms with E-state index in [2.05, 4.69) is 44.1 Å². The van der Waals surface area contributed by atoms with Crippen LogP contribution in [-0.2, 0) is 0 Å². The Morgan fingerprint density at radius 2 is 2.43 bits per heavy atom. The van der Waals surface area contributed by atoms with Gasteiger partial charge in [0, 0.05) is 7.34 Å². The minimum atomic E-state index is 0. The molecule has 1 heterocycles. The van der Waals surface area contributed by atoms with Gasteiger partial charge in [-0.1, -0.05) is 31.6 Å². The zero-order valence-corrected chi connectivity index (χ0v) is 9.29. The molecule has 0 spiro atoms. The van der Waals surface area contributed by atoms with Crippen LogP contribution in [0.3, 0.4) is 0 Å². The summed E-state index contributed by atoms with van der Waals surface area (Å²) in [4.78, 5) is 0. The van der Waals surface area contributed by atoms with Crippen LogP contribution in [0.2, 0.25) is 0 Å². The number of hydrogen-bond acceptors (Lipinski definition) is 1. The van der Waals surface area contributed by atoms with Crippen LogP contribution in [0, 0.1) is 5.92 Å². The maximum atomic E-state index is 3.86. The lowest BCUT2D eigenvalue weighted by molar-refractivity contribution is 0.614. The van der Waals surface area contributed by atoms with Crippen molar-refractivity contribution in [3.8, 4) is 0 Å². The molecule has 1 N–H and O–H groups in total. The summed E-state index contributed by atoms with van der Waals surface area (Å²) in [5.41, 5.74) is 1.52. The summed E-state index contributed by atoms with van der Waals surface area (Å²) in [6, 6.07) is 0.401. The monoisotopic (exact) mass is 193 g/mol. The van der Waals surface area contributed by atoms with Gasteiger partial charge in [-0.25, -0.2) is 0 Å². The van der Waals surface area contributed by atoms with E-state index in [1.807, 2.05) is 6.08 Å². The smallest absolute Gasteiger partial charge is 0.0537 e. The van der Waals surface area contributed by atoms with Gasteiger partial charge in [0.15, 0.2) is 0 Å². The number of hydrogen-bond donors (Lipinski definition) is 1. The molecule has 0 fully saturated rings.